The third kappa shape index (κ3) is 3.24. The molecule has 122 valence electrons. The summed E-state index contributed by atoms with van der Waals surface area (Å²) in [6.07, 6.45) is 0. The molecule has 2 N–H and O–H groups in total. The molecule has 1 amide bonds. The van der Waals surface area contributed by atoms with Crippen LogP contribution in [0.4, 0.5) is 4.39 Å². The first-order valence-electron chi connectivity index (χ1n) is 7.27. The van der Waals surface area contributed by atoms with Crippen LogP contribution in [0.25, 0.3) is 10.8 Å². The second-order valence-electron chi connectivity index (χ2n) is 5.28. The maximum atomic E-state index is 13.1. The van der Waals surface area contributed by atoms with Crippen molar-refractivity contribution in [2.75, 3.05) is 0 Å². The number of hydrogen-bond acceptors (Lipinski definition) is 3. The van der Waals surface area contributed by atoms with Gasteiger partial charge in [-0.3, -0.25) is 19.5 Å². The molecule has 0 spiro atoms. The molecule has 2 aromatic carbocycles. The first-order valence-corrected chi connectivity index (χ1v) is 7.27. The maximum Gasteiger partial charge on any atom is 0.273 e. The lowest BCUT2D eigenvalue weighted by Crippen LogP contribution is -2.36. The topological polar surface area (TPSA) is 84.0 Å². The van der Waals surface area contributed by atoms with Crippen LogP contribution >= 0.6 is 0 Å². The largest absolute Gasteiger partial charge is 0.350 e. The standard InChI is InChI=1S/C17H14FN3O3/c18-12-5-3-4-11(8-12)9-19-15(22)10-21-17(24)14-7-2-1-6-13(14)16(23)20-21/h1-8H,9-10H2,(H,19,22)(H,20,23). The minimum atomic E-state index is -0.465. The summed E-state index contributed by atoms with van der Waals surface area (Å²) >= 11 is 0. The summed E-state index contributed by atoms with van der Waals surface area (Å²) in [7, 11) is 0. The Labute approximate surface area is 135 Å². The molecule has 3 rings (SSSR count). The molecule has 0 aliphatic heterocycles. The van der Waals surface area contributed by atoms with Crippen LogP contribution in [0.15, 0.2) is 58.1 Å². The lowest BCUT2D eigenvalue weighted by atomic mass is 10.2. The molecule has 1 aromatic heterocycles. The van der Waals surface area contributed by atoms with Gasteiger partial charge in [0.15, 0.2) is 0 Å². The molecule has 0 saturated carbocycles. The maximum absolute atomic E-state index is 13.1. The van der Waals surface area contributed by atoms with Crippen LogP contribution in [0.2, 0.25) is 0 Å². The Bertz CT molecular complexity index is 1020. The SMILES string of the molecule is O=C(Cn1[nH]c(=O)c2ccccc2c1=O)NCc1cccc(F)c1. The summed E-state index contributed by atoms with van der Waals surface area (Å²) in [5.41, 5.74) is -0.295. The molecule has 0 atom stereocenters. The number of aromatic amines is 1. The Balaban J connectivity index is 1.77. The molecule has 0 aliphatic rings. The van der Waals surface area contributed by atoms with E-state index >= 15 is 0 Å². The normalized spacial score (nSPS) is 10.7. The molecule has 24 heavy (non-hydrogen) atoms. The van der Waals surface area contributed by atoms with E-state index in [1.165, 1.54) is 18.2 Å². The van der Waals surface area contributed by atoms with Gasteiger partial charge in [0.2, 0.25) is 5.91 Å². The molecule has 0 saturated heterocycles. The number of carbonyl (C=O) groups excluding carboxylic acids is 1. The fourth-order valence-electron chi connectivity index (χ4n) is 2.40. The zero-order valence-corrected chi connectivity index (χ0v) is 12.6. The Morgan fingerprint density at radius 1 is 1.08 bits per heavy atom. The van der Waals surface area contributed by atoms with Crippen LogP contribution in [-0.4, -0.2) is 15.7 Å². The lowest BCUT2D eigenvalue weighted by molar-refractivity contribution is -0.122. The van der Waals surface area contributed by atoms with Gasteiger partial charge in [-0.1, -0.05) is 24.3 Å². The Morgan fingerprint density at radius 2 is 1.83 bits per heavy atom. The minimum absolute atomic E-state index is 0.128. The van der Waals surface area contributed by atoms with Crippen LogP contribution < -0.4 is 16.4 Å². The number of nitrogens with zero attached hydrogens (tertiary/aromatic N) is 1. The van der Waals surface area contributed by atoms with Gasteiger partial charge in [-0.25, -0.2) is 9.07 Å². The van der Waals surface area contributed by atoms with E-state index in [0.29, 0.717) is 5.56 Å². The van der Waals surface area contributed by atoms with Gasteiger partial charge in [0.25, 0.3) is 11.1 Å². The summed E-state index contributed by atoms with van der Waals surface area (Å²) < 4.78 is 14.1. The fraction of sp³-hybridized carbons (Fsp3) is 0.118. The number of carbonyl (C=O) groups is 1. The first kappa shape index (κ1) is 15.7. The monoisotopic (exact) mass is 327 g/mol. The molecular formula is C17H14FN3O3. The van der Waals surface area contributed by atoms with E-state index in [-0.39, 0.29) is 23.9 Å². The third-order valence-corrected chi connectivity index (χ3v) is 3.56. The van der Waals surface area contributed by atoms with Gasteiger partial charge in [0.1, 0.15) is 12.4 Å². The smallest absolute Gasteiger partial charge is 0.273 e. The van der Waals surface area contributed by atoms with E-state index in [9.17, 15) is 18.8 Å². The fourth-order valence-corrected chi connectivity index (χ4v) is 2.40. The van der Waals surface area contributed by atoms with E-state index in [2.05, 4.69) is 10.4 Å². The van der Waals surface area contributed by atoms with Gasteiger partial charge in [0.05, 0.1) is 10.8 Å². The van der Waals surface area contributed by atoms with Crippen molar-refractivity contribution in [3.63, 3.8) is 0 Å². The molecular weight excluding hydrogens is 313 g/mol. The number of nitrogens with one attached hydrogen (secondary N) is 2. The van der Waals surface area contributed by atoms with Gasteiger partial charge >= 0.3 is 0 Å². The van der Waals surface area contributed by atoms with Gasteiger partial charge < -0.3 is 5.32 Å². The van der Waals surface area contributed by atoms with Gasteiger partial charge in [-0.05, 0) is 29.8 Å². The molecule has 0 radical (unpaired) electrons. The quantitative estimate of drug-likeness (QED) is 0.754. The summed E-state index contributed by atoms with van der Waals surface area (Å²) in [4.78, 5) is 36.2. The highest BCUT2D eigenvalue weighted by atomic mass is 19.1. The molecule has 0 aliphatic carbocycles. The highest BCUT2D eigenvalue weighted by molar-refractivity contribution is 5.81. The molecule has 1 heterocycles. The van der Waals surface area contributed by atoms with E-state index < -0.39 is 22.8 Å². The third-order valence-electron chi connectivity index (χ3n) is 3.56. The van der Waals surface area contributed by atoms with Crippen molar-refractivity contribution in [2.24, 2.45) is 0 Å². The molecule has 0 bridgehead atoms. The van der Waals surface area contributed by atoms with E-state index in [4.69, 9.17) is 0 Å². The number of fused-ring (bicyclic) bond motifs is 1. The van der Waals surface area contributed by atoms with Crippen molar-refractivity contribution < 1.29 is 9.18 Å². The van der Waals surface area contributed by atoms with Crippen LogP contribution in [0.3, 0.4) is 0 Å². The van der Waals surface area contributed by atoms with E-state index in [1.807, 2.05) is 0 Å². The van der Waals surface area contributed by atoms with Gasteiger partial charge in [0, 0.05) is 6.54 Å². The molecule has 3 aromatic rings. The number of benzene rings is 2. The van der Waals surface area contributed by atoms with Crippen molar-refractivity contribution in [1.29, 1.82) is 0 Å². The van der Waals surface area contributed by atoms with Crippen LogP contribution in [-0.2, 0) is 17.9 Å². The van der Waals surface area contributed by atoms with Crippen molar-refractivity contribution in [3.05, 3.63) is 80.6 Å². The second-order valence-corrected chi connectivity index (χ2v) is 5.28. The van der Waals surface area contributed by atoms with Crippen LogP contribution in [0, 0.1) is 5.82 Å². The minimum Gasteiger partial charge on any atom is -0.350 e. The second kappa shape index (κ2) is 6.49. The first-order chi connectivity index (χ1) is 11.5. The number of halogens is 1. The van der Waals surface area contributed by atoms with Gasteiger partial charge in [-0.15, -0.1) is 0 Å². The predicted molar refractivity (Wildman–Crippen MR) is 87.1 cm³/mol. The highest BCUT2D eigenvalue weighted by Crippen LogP contribution is 2.03. The van der Waals surface area contributed by atoms with Crippen molar-refractivity contribution in [3.8, 4) is 0 Å². The Hall–Kier alpha value is -3.22. The predicted octanol–water partition coefficient (Wildman–Crippen LogP) is 1.15. The molecule has 0 unspecified atom stereocenters. The van der Waals surface area contributed by atoms with Crippen molar-refractivity contribution >= 4 is 16.7 Å². The summed E-state index contributed by atoms with van der Waals surface area (Å²) in [5, 5.41) is 5.49. The highest BCUT2D eigenvalue weighted by Gasteiger charge is 2.10. The number of aromatic nitrogens is 2. The number of H-pyrrole nitrogens is 1. The molecule has 7 heteroatoms. The summed E-state index contributed by atoms with van der Waals surface area (Å²) in [5.74, 6) is -0.857. The number of rotatable bonds is 4. The number of hydrogen-bond donors (Lipinski definition) is 2. The lowest BCUT2D eigenvalue weighted by Gasteiger charge is -2.08. The van der Waals surface area contributed by atoms with Crippen LogP contribution in [0.1, 0.15) is 5.56 Å². The summed E-state index contributed by atoms with van der Waals surface area (Å²) in [6, 6.07) is 12.2. The van der Waals surface area contributed by atoms with Crippen molar-refractivity contribution in [1.82, 2.24) is 15.1 Å². The van der Waals surface area contributed by atoms with Gasteiger partial charge in [-0.2, -0.15) is 0 Å². The Morgan fingerprint density at radius 3 is 2.58 bits per heavy atom. The van der Waals surface area contributed by atoms with E-state index in [1.54, 1.807) is 30.3 Å². The number of amides is 1. The van der Waals surface area contributed by atoms with E-state index in [0.717, 1.165) is 4.68 Å². The summed E-state index contributed by atoms with van der Waals surface area (Å²) in [6.45, 7) is -0.197. The average molecular weight is 327 g/mol. The average Bonchev–Trinajstić information content (AvgIpc) is 2.58. The molecule has 0 fully saturated rings. The molecule has 6 nitrogen and oxygen atoms in total. The zero-order valence-electron chi connectivity index (χ0n) is 12.6. The van der Waals surface area contributed by atoms with Crippen LogP contribution in [0.5, 0.6) is 0 Å². The Kier molecular flexibility index (Phi) is 4.24. The van der Waals surface area contributed by atoms with Crippen molar-refractivity contribution in [2.45, 2.75) is 13.1 Å². The zero-order chi connectivity index (χ0) is 17.1.